The molecule has 2 fully saturated rings. The molecular formula is C14H24N4O. The average molecular weight is 264 g/mol. The van der Waals surface area contributed by atoms with Gasteiger partial charge in [-0.2, -0.15) is 0 Å². The lowest BCUT2D eigenvalue weighted by Crippen LogP contribution is -2.58. The third kappa shape index (κ3) is 2.19. The van der Waals surface area contributed by atoms with E-state index in [0.29, 0.717) is 11.9 Å². The van der Waals surface area contributed by atoms with Crippen LogP contribution in [0.25, 0.3) is 0 Å². The van der Waals surface area contributed by atoms with E-state index in [1.807, 2.05) is 18.2 Å². The first-order valence-electron chi connectivity index (χ1n) is 7.37. The van der Waals surface area contributed by atoms with Crippen molar-refractivity contribution in [2.75, 3.05) is 26.7 Å². The first-order valence-corrected chi connectivity index (χ1v) is 7.37. The zero-order valence-corrected chi connectivity index (χ0v) is 11.7. The van der Waals surface area contributed by atoms with Gasteiger partial charge in [0.15, 0.2) is 0 Å². The van der Waals surface area contributed by atoms with Gasteiger partial charge in [-0.15, -0.1) is 0 Å². The zero-order valence-electron chi connectivity index (χ0n) is 11.7. The highest BCUT2D eigenvalue weighted by Gasteiger charge is 2.45. The van der Waals surface area contributed by atoms with Gasteiger partial charge in [0.05, 0.1) is 6.54 Å². The molecular weight excluding hydrogens is 240 g/mol. The molecule has 3 aliphatic rings. The van der Waals surface area contributed by atoms with Crippen molar-refractivity contribution in [1.82, 2.24) is 9.80 Å². The maximum absolute atomic E-state index is 11.8. The van der Waals surface area contributed by atoms with Gasteiger partial charge in [-0.25, -0.2) is 0 Å². The van der Waals surface area contributed by atoms with Crippen LogP contribution in [0.3, 0.4) is 0 Å². The third-order valence-electron chi connectivity index (χ3n) is 5.37. The Bertz CT molecular complexity index is 387. The van der Waals surface area contributed by atoms with Gasteiger partial charge in [-0.3, -0.25) is 14.7 Å². The summed E-state index contributed by atoms with van der Waals surface area (Å²) in [5, 5.41) is 0. The summed E-state index contributed by atoms with van der Waals surface area (Å²) in [5.41, 5.74) is 6.32. The normalized spacial score (nSPS) is 35.3. The molecule has 0 aromatic carbocycles. The lowest BCUT2D eigenvalue weighted by atomic mass is 9.84. The Hall–Kier alpha value is -0.940. The van der Waals surface area contributed by atoms with E-state index in [4.69, 9.17) is 5.73 Å². The summed E-state index contributed by atoms with van der Waals surface area (Å²) in [6, 6.07) is 0.610. The van der Waals surface area contributed by atoms with Crippen LogP contribution in [0.5, 0.6) is 0 Å². The fraction of sp³-hybridized carbons (Fsp3) is 0.857. The van der Waals surface area contributed by atoms with Crippen molar-refractivity contribution >= 4 is 12.1 Å². The summed E-state index contributed by atoms with van der Waals surface area (Å²) < 4.78 is 0. The molecule has 19 heavy (non-hydrogen) atoms. The summed E-state index contributed by atoms with van der Waals surface area (Å²) >= 11 is 0. The number of likely N-dealkylation sites (tertiary alicyclic amines) is 2. The number of rotatable bonds is 1. The minimum absolute atomic E-state index is 0.139. The molecule has 0 aliphatic carbocycles. The molecule has 3 aliphatic heterocycles. The van der Waals surface area contributed by atoms with Crippen molar-refractivity contribution < 1.29 is 4.79 Å². The minimum Gasteiger partial charge on any atom is -0.340 e. The van der Waals surface area contributed by atoms with Gasteiger partial charge >= 0.3 is 0 Å². The van der Waals surface area contributed by atoms with E-state index in [0.717, 1.165) is 51.7 Å². The Labute approximate surface area is 114 Å². The molecule has 0 saturated carbocycles. The second-order valence-corrected chi connectivity index (χ2v) is 6.23. The van der Waals surface area contributed by atoms with E-state index in [1.54, 1.807) is 0 Å². The van der Waals surface area contributed by atoms with Crippen molar-refractivity contribution in [1.29, 1.82) is 0 Å². The Morgan fingerprint density at radius 1 is 1.37 bits per heavy atom. The van der Waals surface area contributed by atoms with Gasteiger partial charge < -0.3 is 10.6 Å². The van der Waals surface area contributed by atoms with Crippen LogP contribution < -0.4 is 5.73 Å². The molecule has 1 spiro atoms. The number of carbonyl (C=O) groups is 1. The third-order valence-corrected chi connectivity index (χ3v) is 5.37. The number of nitrogens with two attached hydrogens (primary N) is 1. The zero-order chi connectivity index (χ0) is 13.5. The number of piperidine rings is 1. The van der Waals surface area contributed by atoms with Crippen LogP contribution in [0.1, 0.15) is 32.1 Å². The van der Waals surface area contributed by atoms with Crippen LogP contribution in [0.2, 0.25) is 0 Å². The molecule has 106 valence electrons. The van der Waals surface area contributed by atoms with Crippen molar-refractivity contribution in [2.24, 2.45) is 10.7 Å². The van der Waals surface area contributed by atoms with E-state index < -0.39 is 0 Å². The van der Waals surface area contributed by atoms with Crippen LogP contribution in [-0.4, -0.2) is 66.2 Å². The summed E-state index contributed by atoms with van der Waals surface area (Å²) in [7, 11) is 1.98. The van der Waals surface area contributed by atoms with E-state index in [2.05, 4.69) is 9.89 Å². The standard InChI is InChI=1S/C14H24N4O/c1-17-13(19)2-4-14(17)5-8-18(9-6-14)12-3-7-16-10-11(12)15/h7,11-12H,2-6,8-10,15H2,1H3. The average Bonchev–Trinajstić information content (AvgIpc) is 2.70. The molecule has 0 bridgehead atoms. The summed E-state index contributed by atoms with van der Waals surface area (Å²) in [6.07, 6.45) is 6.94. The number of hydrogen-bond donors (Lipinski definition) is 1. The van der Waals surface area contributed by atoms with E-state index >= 15 is 0 Å². The first kappa shape index (κ1) is 13.1. The van der Waals surface area contributed by atoms with E-state index in [1.165, 1.54) is 0 Å². The highest BCUT2D eigenvalue weighted by molar-refractivity contribution is 5.79. The second kappa shape index (κ2) is 4.87. The van der Waals surface area contributed by atoms with E-state index in [-0.39, 0.29) is 11.6 Å². The van der Waals surface area contributed by atoms with Crippen molar-refractivity contribution in [3.8, 4) is 0 Å². The fourth-order valence-corrected chi connectivity index (χ4v) is 3.89. The molecule has 0 aromatic rings. The van der Waals surface area contributed by atoms with Crippen LogP contribution in [0.15, 0.2) is 4.99 Å². The predicted molar refractivity (Wildman–Crippen MR) is 75.3 cm³/mol. The number of nitrogens with zero attached hydrogens (tertiary/aromatic N) is 3. The molecule has 3 heterocycles. The number of carbonyl (C=O) groups excluding carboxylic acids is 1. The highest BCUT2D eigenvalue weighted by atomic mass is 16.2. The Morgan fingerprint density at radius 2 is 2.11 bits per heavy atom. The maximum Gasteiger partial charge on any atom is 0.222 e. The highest BCUT2D eigenvalue weighted by Crippen LogP contribution is 2.38. The molecule has 2 saturated heterocycles. The quantitative estimate of drug-likeness (QED) is 0.738. The minimum atomic E-state index is 0.139. The van der Waals surface area contributed by atoms with Crippen molar-refractivity contribution in [3.63, 3.8) is 0 Å². The largest absolute Gasteiger partial charge is 0.340 e. The Balaban J connectivity index is 1.63. The van der Waals surface area contributed by atoms with Crippen LogP contribution in [-0.2, 0) is 4.79 Å². The van der Waals surface area contributed by atoms with E-state index in [9.17, 15) is 4.79 Å². The lowest BCUT2D eigenvalue weighted by Gasteiger charge is -2.47. The van der Waals surface area contributed by atoms with Crippen LogP contribution in [0, 0.1) is 0 Å². The molecule has 5 nitrogen and oxygen atoms in total. The van der Waals surface area contributed by atoms with Gasteiger partial charge in [0.25, 0.3) is 0 Å². The van der Waals surface area contributed by atoms with Crippen LogP contribution in [0.4, 0.5) is 0 Å². The predicted octanol–water partition coefficient (Wildman–Crippen LogP) is 0.244. The topological polar surface area (TPSA) is 61.9 Å². The molecule has 2 N–H and O–H groups in total. The molecule has 1 amide bonds. The second-order valence-electron chi connectivity index (χ2n) is 6.23. The van der Waals surface area contributed by atoms with Gasteiger partial charge in [0, 0.05) is 50.4 Å². The molecule has 0 radical (unpaired) electrons. The molecule has 0 aromatic heterocycles. The number of amides is 1. The van der Waals surface area contributed by atoms with Crippen molar-refractivity contribution in [2.45, 2.75) is 49.7 Å². The van der Waals surface area contributed by atoms with Gasteiger partial charge in [0.2, 0.25) is 5.91 Å². The Kier molecular flexibility index (Phi) is 3.35. The summed E-state index contributed by atoms with van der Waals surface area (Å²) in [6.45, 7) is 2.87. The molecule has 5 heteroatoms. The first-order chi connectivity index (χ1) is 9.12. The SMILES string of the molecule is CN1C(=O)CCC12CCN(C1CC=NCC1N)CC2. The smallest absolute Gasteiger partial charge is 0.222 e. The number of aliphatic imine (C=N–C) groups is 1. The monoisotopic (exact) mass is 264 g/mol. The summed E-state index contributed by atoms with van der Waals surface area (Å²) in [4.78, 5) is 20.5. The number of hydrogen-bond acceptors (Lipinski definition) is 4. The van der Waals surface area contributed by atoms with Gasteiger partial charge in [-0.1, -0.05) is 0 Å². The van der Waals surface area contributed by atoms with Gasteiger partial charge in [-0.05, 0) is 25.7 Å². The summed E-state index contributed by atoms with van der Waals surface area (Å²) in [5.74, 6) is 0.315. The molecule has 2 unspecified atom stereocenters. The molecule has 3 rings (SSSR count). The van der Waals surface area contributed by atoms with Crippen molar-refractivity contribution in [3.05, 3.63) is 0 Å². The fourth-order valence-electron chi connectivity index (χ4n) is 3.89. The van der Waals surface area contributed by atoms with Crippen LogP contribution >= 0.6 is 0 Å². The van der Waals surface area contributed by atoms with Gasteiger partial charge in [0.1, 0.15) is 0 Å². The lowest BCUT2D eigenvalue weighted by molar-refractivity contribution is -0.130. The maximum atomic E-state index is 11.8. The Morgan fingerprint density at radius 3 is 2.68 bits per heavy atom. The molecule has 2 atom stereocenters.